The van der Waals surface area contributed by atoms with Crippen molar-refractivity contribution in [3.05, 3.63) is 0 Å². The van der Waals surface area contributed by atoms with Crippen LogP contribution in [0.4, 0.5) is 4.79 Å². The van der Waals surface area contributed by atoms with Gasteiger partial charge in [-0.05, 0) is 39.5 Å². The third kappa shape index (κ3) is 3.71. The molecule has 0 aliphatic carbocycles. The first-order valence-corrected chi connectivity index (χ1v) is 10.2. The second kappa shape index (κ2) is 7.08. The number of carbonyl (C=O) groups excluding carboxylic acids is 3. The predicted octanol–water partition coefficient (Wildman–Crippen LogP) is 1.82. The van der Waals surface area contributed by atoms with Gasteiger partial charge in [-0.1, -0.05) is 20.8 Å². The zero-order chi connectivity index (χ0) is 20.0. The molecule has 3 aliphatic rings. The summed E-state index contributed by atoms with van der Waals surface area (Å²) < 4.78 is 0. The molecule has 0 radical (unpaired) electrons. The lowest BCUT2D eigenvalue weighted by atomic mass is 9.86. The van der Waals surface area contributed by atoms with Crippen LogP contribution in [0.2, 0.25) is 0 Å². The lowest BCUT2D eigenvalue weighted by Crippen LogP contribution is -2.57. The fourth-order valence-electron chi connectivity index (χ4n) is 4.56. The Bertz CT molecular complexity index is 617. The summed E-state index contributed by atoms with van der Waals surface area (Å²) in [6, 6.07) is -0.0610. The molecule has 1 atom stereocenters. The van der Waals surface area contributed by atoms with Crippen molar-refractivity contribution in [2.24, 2.45) is 5.41 Å². The lowest BCUT2D eigenvalue weighted by Gasteiger charge is -2.41. The van der Waals surface area contributed by atoms with E-state index in [1.54, 1.807) is 0 Å². The van der Waals surface area contributed by atoms with Crippen LogP contribution in [0.25, 0.3) is 0 Å². The second-order valence-electron chi connectivity index (χ2n) is 9.61. The third-order valence-electron chi connectivity index (χ3n) is 6.27. The number of imide groups is 1. The second-order valence-corrected chi connectivity index (χ2v) is 9.61. The molecular weight excluding hydrogens is 344 g/mol. The van der Waals surface area contributed by atoms with Crippen molar-refractivity contribution in [1.82, 2.24) is 20.0 Å². The first-order chi connectivity index (χ1) is 12.5. The van der Waals surface area contributed by atoms with E-state index in [-0.39, 0.29) is 23.9 Å². The number of piperidine rings is 2. The molecule has 0 aromatic rings. The van der Waals surface area contributed by atoms with Gasteiger partial charge >= 0.3 is 6.03 Å². The third-order valence-corrected chi connectivity index (χ3v) is 6.27. The van der Waals surface area contributed by atoms with E-state index in [0.29, 0.717) is 32.0 Å². The summed E-state index contributed by atoms with van der Waals surface area (Å²) in [7, 11) is 0. The molecule has 0 aromatic heterocycles. The Balaban J connectivity index is 1.71. The molecule has 152 valence electrons. The Hall–Kier alpha value is -1.63. The number of nitrogens with one attached hydrogen (secondary N) is 1. The van der Waals surface area contributed by atoms with E-state index >= 15 is 0 Å². The smallest absolute Gasteiger partial charge is 0.325 e. The van der Waals surface area contributed by atoms with Crippen molar-refractivity contribution in [2.75, 3.05) is 26.2 Å². The minimum atomic E-state index is -0.751. The number of carbonyl (C=O) groups is 3. The van der Waals surface area contributed by atoms with E-state index in [0.717, 1.165) is 25.9 Å². The molecule has 1 N–H and O–H groups in total. The van der Waals surface area contributed by atoms with Crippen LogP contribution in [0.5, 0.6) is 0 Å². The number of amides is 4. The zero-order valence-electron chi connectivity index (χ0n) is 17.4. The summed E-state index contributed by atoms with van der Waals surface area (Å²) in [5.41, 5.74) is -1.21. The number of urea groups is 1. The molecule has 1 spiro atoms. The van der Waals surface area contributed by atoms with Crippen molar-refractivity contribution in [1.29, 1.82) is 0 Å². The molecule has 3 heterocycles. The minimum Gasteiger partial charge on any atom is -0.340 e. The van der Waals surface area contributed by atoms with Gasteiger partial charge in [0.25, 0.3) is 5.91 Å². The van der Waals surface area contributed by atoms with E-state index in [1.165, 1.54) is 4.90 Å². The molecule has 0 aromatic carbocycles. The average molecular weight is 379 g/mol. The molecule has 3 fully saturated rings. The lowest BCUT2D eigenvalue weighted by molar-refractivity contribution is -0.144. The number of nitrogens with zero attached hydrogens (tertiary/aromatic N) is 3. The van der Waals surface area contributed by atoms with Crippen molar-refractivity contribution in [2.45, 2.75) is 77.9 Å². The largest absolute Gasteiger partial charge is 0.340 e. The molecule has 3 saturated heterocycles. The zero-order valence-corrected chi connectivity index (χ0v) is 17.4. The molecule has 0 saturated carbocycles. The highest BCUT2D eigenvalue weighted by molar-refractivity contribution is 6.07. The first kappa shape index (κ1) is 20.1. The molecule has 3 rings (SSSR count). The maximum absolute atomic E-state index is 13.3. The van der Waals surface area contributed by atoms with Gasteiger partial charge in [0.15, 0.2) is 0 Å². The summed E-state index contributed by atoms with van der Waals surface area (Å²) in [6.07, 6.45) is 2.90. The van der Waals surface area contributed by atoms with Crippen LogP contribution in [0, 0.1) is 5.41 Å². The summed E-state index contributed by atoms with van der Waals surface area (Å²) in [6.45, 7) is 12.8. The number of rotatable bonds is 2. The molecule has 3 aliphatic heterocycles. The van der Waals surface area contributed by atoms with Gasteiger partial charge in [-0.2, -0.15) is 0 Å². The van der Waals surface area contributed by atoms with E-state index in [9.17, 15) is 14.4 Å². The van der Waals surface area contributed by atoms with Gasteiger partial charge in [0.2, 0.25) is 5.91 Å². The van der Waals surface area contributed by atoms with Crippen LogP contribution in [0.15, 0.2) is 0 Å². The molecule has 0 unspecified atom stereocenters. The topological polar surface area (TPSA) is 73.0 Å². The van der Waals surface area contributed by atoms with Crippen molar-refractivity contribution in [3.63, 3.8) is 0 Å². The molecule has 4 amide bonds. The highest BCUT2D eigenvalue weighted by Crippen LogP contribution is 2.33. The van der Waals surface area contributed by atoms with Crippen LogP contribution >= 0.6 is 0 Å². The van der Waals surface area contributed by atoms with E-state index in [1.807, 2.05) is 25.7 Å². The van der Waals surface area contributed by atoms with Gasteiger partial charge in [0.1, 0.15) is 5.54 Å². The maximum Gasteiger partial charge on any atom is 0.325 e. The van der Waals surface area contributed by atoms with Crippen molar-refractivity contribution >= 4 is 17.8 Å². The maximum atomic E-state index is 13.3. The number of hydrogen-bond donors (Lipinski definition) is 1. The first-order valence-electron chi connectivity index (χ1n) is 10.2. The van der Waals surface area contributed by atoms with Gasteiger partial charge in [-0.25, -0.2) is 4.79 Å². The van der Waals surface area contributed by atoms with Crippen molar-refractivity contribution < 1.29 is 14.4 Å². The summed E-state index contributed by atoms with van der Waals surface area (Å²) in [4.78, 5) is 44.2. The quantitative estimate of drug-likeness (QED) is 0.744. The van der Waals surface area contributed by atoms with E-state index < -0.39 is 11.0 Å². The fraction of sp³-hybridized carbons (Fsp3) is 0.850. The van der Waals surface area contributed by atoms with Gasteiger partial charge in [-0.3, -0.25) is 14.5 Å². The average Bonchev–Trinajstić information content (AvgIpc) is 2.84. The molecular formula is C20H34N4O3. The molecule has 7 nitrogen and oxygen atoms in total. The summed E-state index contributed by atoms with van der Waals surface area (Å²) in [5.74, 6) is -0.00910. The number of likely N-dealkylation sites (tertiary alicyclic amines) is 2. The van der Waals surface area contributed by atoms with Gasteiger partial charge < -0.3 is 15.1 Å². The Morgan fingerprint density at radius 2 is 1.78 bits per heavy atom. The predicted molar refractivity (Wildman–Crippen MR) is 103 cm³/mol. The standard InChI is InChI=1S/C20H34N4O3/c1-14(2)22-11-8-20(9-12-22)17(26)24(18(27)21-20)15-7-6-10-23(13-15)16(25)19(3,4)5/h14-15H,6-13H2,1-5H3,(H,21,27)/t15-/m0/s1. The minimum absolute atomic E-state index is 0.0826. The Kier molecular flexibility index (Phi) is 5.27. The molecule has 7 heteroatoms. The van der Waals surface area contributed by atoms with Crippen molar-refractivity contribution in [3.8, 4) is 0 Å². The molecule has 27 heavy (non-hydrogen) atoms. The van der Waals surface area contributed by atoms with Crippen LogP contribution in [-0.4, -0.2) is 76.3 Å². The summed E-state index contributed by atoms with van der Waals surface area (Å²) >= 11 is 0. The van der Waals surface area contributed by atoms with Gasteiger partial charge in [0, 0.05) is 37.6 Å². The highest BCUT2D eigenvalue weighted by Gasteiger charge is 2.54. The van der Waals surface area contributed by atoms with E-state index in [4.69, 9.17) is 0 Å². The highest BCUT2D eigenvalue weighted by atomic mass is 16.2. The van der Waals surface area contributed by atoms with E-state index in [2.05, 4.69) is 24.1 Å². The van der Waals surface area contributed by atoms with Gasteiger partial charge in [-0.15, -0.1) is 0 Å². The monoisotopic (exact) mass is 378 g/mol. The normalized spacial score (nSPS) is 26.8. The Labute approximate surface area is 162 Å². The van der Waals surface area contributed by atoms with Crippen LogP contribution in [0.3, 0.4) is 0 Å². The summed E-state index contributed by atoms with van der Waals surface area (Å²) in [5, 5.41) is 3.01. The number of hydrogen-bond acceptors (Lipinski definition) is 4. The van der Waals surface area contributed by atoms with Crippen LogP contribution in [0.1, 0.15) is 60.3 Å². The Morgan fingerprint density at radius 1 is 1.15 bits per heavy atom. The fourth-order valence-corrected chi connectivity index (χ4v) is 4.56. The van der Waals surface area contributed by atoms with Crippen LogP contribution < -0.4 is 5.32 Å². The Morgan fingerprint density at radius 3 is 2.33 bits per heavy atom. The van der Waals surface area contributed by atoms with Crippen LogP contribution in [-0.2, 0) is 9.59 Å². The van der Waals surface area contributed by atoms with Gasteiger partial charge in [0.05, 0.1) is 6.04 Å². The SMILES string of the molecule is CC(C)N1CCC2(CC1)NC(=O)N([C@H]1CCCN(C(=O)C(C)(C)C)C1)C2=O. The molecule has 0 bridgehead atoms.